The van der Waals surface area contributed by atoms with Crippen LogP contribution in [0.3, 0.4) is 0 Å². The van der Waals surface area contributed by atoms with Crippen molar-refractivity contribution in [1.82, 2.24) is 5.32 Å². The molecule has 3 rings (SSSR count). The molecule has 0 atom stereocenters. The van der Waals surface area contributed by atoms with Crippen molar-refractivity contribution in [2.45, 2.75) is 19.6 Å². The maximum Gasteiger partial charge on any atom is 0.262 e. The fraction of sp³-hybridized carbons (Fsp3) is 0.143. The van der Waals surface area contributed by atoms with Crippen LogP contribution in [-0.4, -0.2) is 13.0 Å². The molecule has 0 radical (unpaired) electrons. The summed E-state index contributed by atoms with van der Waals surface area (Å²) in [6.07, 6.45) is 3.88. The molecule has 0 aromatic heterocycles. The van der Waals surface area contributed by atoms with E-state index in [0.717, 1.165) is 22.4 Å². The molecule has 0 saturated heterocycles. The molecule has 0 spiro atoms. The summed E-state index contributed by atoms with van der Waals surface area (Å²) in [6.45, 7) is 4.42. The Morgan fingerprint density at radius 2 is 1.80 bits per heavy atom. The fourth-order valence-electron chi connectivity index (χ4n) is 3.27. The number of benzene rings is 3. The summed E-state index contributed by atoms with van der Waals surface area (Å²) in [5, 5.41) is 13.3. The zero-order chi connectivity index (χ0) is 25.2. The molecular weight excluding hydrogens is 483 g/mol. The van der Waals surface area contributed by atoms with Gasteiger partial charge in [0.05, 0.1) is 17.2 Å². The standard InChI is InChI=1S/C28H24Cl2N2O3/c1-3-4-22-13-20(8-12-27(22)35-18-21-7-11-25(29)26(30)15-21)14-23(16-31)28(33)32-17-19-5-9-24(34-2)10-6-19/h3,5-15H,1,4,17-18H2,2H3,(H,32,33)/b23-14-. The molecule has 1 N–H and O–H groups in total. The van der Waals surface area contributed by atoms with Crippen molar-refractivity contribution in [2.24, 2.45) is 0 Å². The first-order valence-electron chi connectivity index (χ1n) is 10.8. The van der Waals surface area contributed by atoms with E-state index in [9.17, 15) is 10.1 Å². The summed E-state index contributed by atoms with van der Waals surface area (Å²) in [7, 11) is 1.59. The van der Waals surface area contributed by atoms with Gasteiger partial charge in [-0.3, -0.25) is 4.79 Å². The van der Waals surface area contributed by atoms with Gasteiger partial charge in [-0.25, -0.2) is 0 Å². The van der Waals surface area contributed by atoms with Crippen molar-refractivity contribution in [2.75, 3.05) is 7.11 Å². The second-order valence-corrected chi connectivity index (χ2v) is 8.41. The second kappa shape index (κ2) is 12.7. The average molecular weight is 507 g/mol. The van der Waals surface area contributed by atoms with Gasteiger partial charge in [-0.1, -0.05) is 53.5 Å². The molecule has 0 fully saturated rings. The van der Waals surface area contributed by atoms with E-state index in [-0.39, 0.29) is 5.57 Å². The Morgan fingerprint density at radius 1 is 1.06 bits per heavy atom. The van der Waals surface area contributed by atoms with Crippen LogP contribution in [0.2, 0.25) is 10.0 Å². The van der Waals surface area contributed by atoms with Gasteiger partial charge in [-0.15, -0.1) is 6.58 Å². The summed E-state index contributed by atoms with van der Waals surface area (Å²) in [5.41, 5.74) is 3.37. The minimum absolute atomic E-state index is 0.00698. The quantitative estimate of drug-likeness (QED) is 0.192. The Bertz CT molecular complexity index is 1280. The molecule has 7 heteroatoms. The number of halogens is 2. The van der Waals surface area contributed by atoms with Gasteiger partial charge in [0, 0.05) is 6.54 Å². The van der Waals surface area contributed by atoms with Crippen LogP contribution in [0.1, 0.15) is 22.3 Å². The number of carbonyl (C=O) groups is 1. The van der Waals surface area contributed by atoms with E-state index in [0.29, 0.717) is 40.9 Å². The number of nitrogens with zero attached hydrogens (tertiary/aromatic N) is 1. The van der Waals surface area contributed by atoms with Gasteiger partial charge >= 0.3 is 0 Å². The predicted octanol–water partition coefficient (Wildman–Crippen LogP) is 6.53. The number of rotatable bonds is 10. The fourth-order valence-corrected chi connectivity index (χ4v) is 3.59. The highest BCUT2D eigenvalue weighted by Crippen LogP contribution is 2.26. The lowest BCUT2D eigenvalue weighted by atomic mass is 10.0. The molecule has 0 bridgehead atoms. The van der Waals surface area contributed by atoms with E-state index in [1.165, 1.54) is 0 Å². The normalized spacial score (nSPS) is 10.9. The lowest BCUT2D eigenvalue weighted by Crippen LogP contribution is -2.23. The van der Waals surface area contributed by atoms with Crippen molar-refractivity contribution < 1.29 is 14.3 Å². The van der Waals surface area contributed by atoms with Crippen molar-refractivity contribution in [1.29, 1.82) is 5.26 Å². The van der Waals surface area contributed by atoms with E-state index in [1.54, 1.807) is 37.5 Å². The molecule has 35 heavy (non-hydrogen) atoms. The number of hydrogen-bond acceptors (Lipinski definition) is 4. The van der Waals surface area contributed by atoms with E-state index in [1.807, 2.05) is 48.5 Å². The van der Waals surface area contributed by atoms with Crippen LogP contribution in [0.5, 0.6) is 11.5 Å². The highest BCUT2D eigenvalue weighted by molar-refractivity contribution is 6.42. The summed E-state index contributed by atoms with van der Waals surface area (Å²) in [6, 6.07) is 20.1. The van der Waals surface area contributed by atoms with E-state index < -0.39 is 5.91 Å². The van der Waals surface area contributed by atoms with Crippen LogP contribution in [0.15, 0.2) is 78.9 Å². The topological polar surface area (TPSA) is 71.4 Å². The number of allylic oxidation sites excluding steroid dienone is 1. The van der Waals surface area contributed by atoms with Crippen molar-refractivity contribution >= 4 is 35.2 Å². The summed E-state index contributed by atoms with van der Waals surface area (Å²) in [4.78, 5) is 12.6. The molecule has 1 amide bonds. The molecule has 0 aliphatic rings. The van der Waals surface area contributed by atoms with Crippen molar-refractivity contribution in [3.8, 4) is 17.6 Å². The van der Waals surface area contributed by atoms with Gasteiger partial charge in [0.15, 0.2) is 0 Å². The molecular formula is C28H24Cl2N2O3. The molecule has 0 heterocycles. The van der Waals surface area contributed by atoms with Gasteiger partial charge in [0.25, 0.3) is 5.91 Å². The molecule has 0 saturated carbocycles. The zero-order valence-electron chi connectivity index (χ0n) is 19.2. The Morgan fingerprint density at radius 3 is 2.46 bits per heavy atom. The van der Waals surface area contributed by atoms with Crippen LogP contribution >= 0.6 is 23.2 Å². The Labute approximate surface area is 215 Å². The number of methoxy groups -OCH3 is 1. The Balaban J connectivity index is 1.71. The number of ether oxygens (including phenoxy) is 2. The number of nitrogens with one attached hydrogen (secondary N) is 1. The second-order valence-electron chi connectivity index (χ2n) is 7.60. The molecule has 178 valence electrons. The van der Waals surface area contributed by atoms with Crippen molar-refractivity contribution in [3.63, 3.8) is 0 Å². The van der Waals surface area contributed by atoms with E-state index in [2.05, 4.69) is 11.9 Å². The largest absolute Gasteiger partial charge is 0.497 e. The molecule has 3 aromatic carbocycles. The molecule has 0 aliphatic carbocycles. The predicted molar refractivity (Wildman–Crippen MR) is 140 cm³/mol. The van der Waals surface area contributed by atoms with Gasteiger partial charge < -0.3 is 14.8 Å². The third-order valence-corrected chi connectivity index (χ3v) is 5.85. The van der Waals surface area contributed by atoms with Crippen LogP contribution in [0.25, 0.3) is 6.08 Å². The van der Waals surface area contributed by atoms with Crippen LogP contribution in [-0.2, 0) is 24.4 Å². The van der Waals surface area contributed by atoms with Gasteiger partial charge in [-0.05, 0) is 71.1 Å². The van der Waals surface area contributed by atoms with E-state index in [4.69, 9.17) is 32.7 Å². The average Bonchev–Trinajstić information content (AvgIpc) is 2.87. The molecule has 5 nitrogen and oxygen atoms in total. The first-order chi connectivity index (χ1) is 16.9. The number of carbonyl (C=O) groups excluding carboxylic acids is 1. The highest BCUT2D eigenvalue weighted by Gasteiger charge is 2.11. The van der Waals surface area contributed by atoms with Gasteiger partial charge in [-0.2, -0.15) is 5.26 Å². The Kier molecular flexibility index (Phi) is 9.37. The Hall–Kier alpha value is -3.72. The van der Waals surface area contributed by atoms with Crippen LogP contribution in [0, 0.1) is 11.3 Å². The smallest absolute Gasteiger partial charge is 0.262 e. The summed E-state index contributed by atoms with van der Waals surface area (Å²) >= 11 is 12.1. The maximum absolute atomic E-state index is 12.6. The lowest BCUT2D eigenvalue weighted by Gasteiger charge is -2.12. The lowest BCUT2D eigenvalue weighted by molar-refractivity contribution is -0.117. The zero-order valence-corrected chi connectivity index (χ0v) is 20.7. The first kappa shape index (κ1) is 25.9. The van der Waals surface area contributed by atoms with Crippen LogP contribution < -0.4 is 14.8 Å². The SMILES string of the molecule is C=CCc1cc(/C=C(/C#N)C(=O)NCc2ccc(OC)cc2)ccc1OCc1ccc(Cl)c(Cl)c1. The highest BCUT2D eigenvalue weighted by atomic mass is 35.5. The van der Waals surface area contributed by atoms with Gasteiger partial charge in [0.1, 0.15) is 29.7 Å². The number of nitriles is 1. The van der Waals surface area contributed by atoms with E-state index >= 15 is 0 Å². The molecule has 0 unspecified atom stereocenters. The third kappa shape index (κ3) is 7.38. The third-order valence-electron chi connectivity index (χ3n) is 5.12. The first-order valence-corrected chi connectivity index (χ1v) is 11.5. The van der Waals surface area contributed by atoms with Crippen molar-refractivity contribution in [3.05, 3.63) is 111 Å². The number of amides is 1. The summed E-state index contributed by atoms with van der Waals surface area (Å²) in [5.74, 6) is 0.960. The monoisotopic (exact) mass is 506 g/mol. The number of hydrogen-bond donors (Lipinski definition) is 1. The van der Waals surface area contributed by atoms with Crippen LogP contribution in [0.4, 0.5) is 0 Å². The molecule has 3 aromatic rings. The maximum atomic E-state index is 12.6. The van der Waals surface area contributed by atoms with Gasteiger partial charge in [0.2, 0.25) is 0 Å². The summed E-state index contributed by atoms with van der Waals surface area (Å²) < 4.78 is 11.1. The minimum Gasteiger partial charge on any atom is -0.497 e. The minimum atomic E-state index is -0.450. The molecule has 0 aliphatic heterocycles.